The number of carboxylic acids is 1. The monoisotopic (exact) mass is 297 g/mol. The van der Waals surface area contributed by atoms with Crippen LogP contribution in [0.2, 0.25) is 0 Å². The fourth-order valence-corrected chi connectivity index (χ4v) is 1.58. The molecule has 0 aliphatic carbocycles. The maximum atomic E-state index is 11.6. The Morgan fingerprint density at radius 2 is 1.33 bits per heavy atom. The highest BCUT2D eigenvalue weighted by atomic mass is 16.5. The molecular formula is C12H11NO8. The van der Waals surface area contributed by atoms with Gasteiger partial charge in [-0.2, -0.15) is 0 Å². The number of methoxy groups -OCH3 is 2. The fraction of sp³-hybridized carbons (Fsp3) is 0.167. The number of nitrogens with one attached hydrogen (secondary N) is 1. The van der Waals surface area contributed by atoms with Gasteiger partial charge in [-0.3, -0.25) is 10.0 Å². The number of benzene rings is 1. The van der Waals surface area contributed by atoms with Crippen LogP contribution in [0.5, 0.6) is 0 Å². The van der Waals surface area contributed by atoms with Crippen molar-refractivity contribution in [1.82, 2.24) is 5.48 Å². The van der Waals surface area contributed by atoms with E-state index in [0.29, 0.717) is 0 Å². The largest absolute Gasteiger partial charge is 0.478 e. The Morgan fingerprint density at radius 1 is 0.905 bits per heavy atom. The lowest BCUT2D eigenvalue weighted by molar-refractivity contribution is 0.0553. The predicted molar refractivity (Wildman–Crippen MR) is 65.3 cm³/mol. The van der Waals surface area contributed by atoms with Crippen LogP contribution >= 0.6 is 0 Å². The number of carbonyl (C=O) groups is 4. The number of amides is 1. The Labute approximate surface area is 118 Å². The second-order valence-corrected chi connectivity index (χ2v) is 3.67. The molecule has 0 saturated heterocycles. The van der Waals surface area contributed by atoms with Gasteiger partial charge in [-0.05, 0) is 12.1 Å². The van der Waals surface area contributed by atoms with E-state index in [-0.39, 0.29) is 11.1 Å². The quantitative estimate of drug-likeness (QED) is 0.403. The first-order valence-corrected chi connectivity index (χ1v) is 5.39. The topological polar surface area (TPSA) is 139 Å². The zero-order chi connectivity index (χ0) is 16.2. The Kier molecular flexibility index (Phi) is 4.97. The lowest BCUT2D eigenvalue weighted by Crippen LogP contribution is -2.24. The third-order valence-corrected chi connectivity index (χ3v) is 2.54. The third-order valence-electron chi connectivity index (χ3n) is 2.54. The number of rotatable bonds is 4. The van der Waals surface area contributed by atoms with Gasteiger partial charge in [0.2, 0.25) is 0 Å². The molecule has 0 spiro atoms. The van der Waals surface area contributed by atoms with Crippen LogP contribution < -0.4 is 5.48 Å². The van der Waals surface area contributed by atoms with Crippen molar-refractivity contribution < 1.29 is 39.0 Å². The van der Waals surface area contributed by atoms with Gasteiger partial charge in [0, 0.05) is 0 Å². The molecule has 0 fully saturated rings. The molecule has 112 valence electrons. The summed E-state index contributed by atoms with van der Waals surface area (Å²) in [6.45, 7) is 0. The van der Waals surface area contributed by atoms with E-state index in [1.165, 1.54) is 5.48 Å². The second-order valence-electron chi connectivity index (χ2n) is 3.67. The summed E-state index contributed by atoms with van der Waals surface area (Å²) in [4.78, 5) is 45.8. The highest BCUT2D eigenvalue weighted by Crippen LogP contribution is 2.20. The van der Waals surface area contributed by atoms with E-state index < -0.39 is 34.9 Å². The maximum absolute atomic E-state index is 11.6. The molecule has 0 aliphatic rings. The molecule has 1 aromatic carbocycles. The molecule has 0 heterocycles. The summed E-state index contributed by atoms with van der Waals surface area (Å²) >= 11 is 0. The Balaban J connectivity index is 3.69. The summed E-state index contributed by atoms with van der Waals surface area (Å²) in [6, 6.07) is 1.62. The highest BCUT2D eigenvalue weighted by Gasteiger charge is 2.26. The molecule has 3 N–H and O–H groups in total. The number of carboxylic acid groups (broad SMARTS) is 1. The van der Waals surface area contributed by atoms with Crippen molar-refractivity contribution in [3.8, 4) is 0 Å². The van der Waals surface area contributed by atoms with Gasteiger partial charge >= 0.3 is 17.9 Å². The summed E-state index contributed by atoms with van der Waals surface area (Å²) in [5, 5.41) is 17.7. The number of ether oxygens (including phenoxy) is 2. The minimum absolute atomic E-state index is 0.368. The molecule has 1 amide bonds. The number of esters is 2. The lowest BCUT2D eigenvalue weighted by Gasteiger charge is -2.11. The average Bonchev–Trinajstić information content (AvgIpc) is 2.50. The van der Waals surface area contributed by atoms with Gasteiger partial charge in [0.25, 0.3) is 5.91 Å². The van der Waals surface area contributed by atoms with Crippen molar-refractivity contribution in [2.24, 2.45) is 0 Å². The van der Waals surface area contributed by atoms with Crippen molar-refractivity contribution >= 4 is 23.8 Å². The van der Waals surface area contributed by atoms with Crippen molar-refractivity contribution in [2.45, 2.75) is 0 Å². The van der Waals surface area contributed by atoms with E-state index in [2.05, 4.69) is 9.47 Å². The van der Waals surface area contributed by atoms with Crippen LogP contribution in [0, 0.1) is 0 Å². The lowest BCUT2D eigenvalue weighted by atomic mass is 9.97. The van der Waals surface area contributed by atoms with Crippen LogP contribution in [0.15, 0.2) is 12.1 Å². The van der Waals surface area contributed by atoms with Crippen molar-refractivity contribution in [3.05, 3.63) is 34.4 Å². The second kappa shape index (κ2) is 6.48. The molecule has 1 aromatic rings. The average molecular weight is 297 g/mol. The molecular weight excluding hydrogens is 286 g/mol. The van der Waals surface area contributed by atoms with Crippen LogP contribution in [-0.2, 0) is 9.47 Å². The van der Waals surface area contributed by atoms with Crippen LogP contribution in [0.1, 0.15) is 41.4 Å². The summed E-state index contributed by atoms with van der Waals surface area (Å²) < 4.78 is 8.90. The molecule has 0 aliphatic heterocycles. The standard InChI is InChI=1S/C12H11NO8/c1-20-11(17)7-3-5(9(14)13-19)6(10(15)16)4-8(7)12(18)21-2/h3-4,19H,1-2H3,(H,13,14)(H,15,16). The number of hydrogen-bond donors (Lipinski definition) is 3. The van der Waals surface area contributed by atoms with E-state index in [0.717, 1.165) is 26.4 Å². The van der Waals surface area contributed by atoms with Crippen molar-refractivity contribution in [2.75, 3.05) is 14.2 Å². The van der Waals surface area contributed by atoms with Crippen molar-refractivity contribution in [3.63, 3.8) is 0 Å². The first-order valence-electron chi connectivity index (χ1n) is 5.39. The van der Waals surface area contributed by atoms with Crippen molar-refractivity contribution in [1.29, 1.82) is 0 Å². The molecule has 1 rings (SSSR count). The van der Waals surface area contributed by atoms with Crippen LogP contribution in [0.25, 0.3) is 0 Å². The first-order chi connectivity index (χ1) is 9.87. The summed E-state index contributed by atoms with van der Waals surface area (Å²) in [7, 11) is 2.08. The molecule has 0 bridgehead atoms. The molecule has 0 aromatic heterocycles. The molecule has 9 heteroatoms. The number of hydroxylamine groups is 1. The molecule has 0 unspecified atom stereocenters. The van der Waals surface area contributed by atoms with Gasteiger partial charge in [-0.25, -0.2) is 19.9 Å². The fourth-order valence-electron chi connectivity index (χ4n) is 1.58. The Bertz CT molecular complexity index is 622. The third kappa shape index (κ3) is 3.15. The smallest absolute Gasteiger partial charge is 0.338 e. The van der Waals surface area contributed by atoms with Crippen LogP contribution in [0.3, 0.4) is 0 Å². The predicted octanol–water partition coefficient (Wildman–Crippen LogP) is 0.0770. The number of hydrogen-bond acceptors (Lipinski definition) is 7. The minimum atomic E-state index is -1.53. The van der Waals surface area contributed by atoms with Gasteiger partial charge in [0.15, 0.2) is 0 Å². The molecule has 21 heavy (non-hydrogen) atoms. The number of aromatic carboxylic acids is 1. The van der Waals surface area contributed by atoms with E-state index in [9.17, 15) is 19.2 Å². The van der Waals surface area contributed by atoms with E-state index in [4.69, 9.17) is 10.3 Å². The molecule has 0 radical (unpaired) electrons. The van der Waals surface area contributed by atoms with Gasteiger partial charge < -0.3 is 14.6 Å². The Hall–Kier alpha value is -2.94. The Morgan fingerprint density at radius 3 is 1.67 bits per heavy atom. The zero-order valence-corrected chi connectivity index (χ0v) is 11.0. The van der Waals surface area contributed by atoms with Gasteiger partial charge in [0.05, 0.1) is 36.5 Å². The highest BCUT2D eigenvalue weighted by molar-refractivity contribution is 6.10. The SMILES string of the molecule is COC(=O)c1cc(C(=O)O)c(C(=O)NO)cc1C(=O)OC. The summed E-state index contributed by atoms with van der Waals surface area (Å²) in [6.07, 6.45) is 0. The molecule has 9 nitrogen and oxygen atoms in total. The summed E-state index contributed by atoms with van der Waals surface area (Å²) in [5.74, 6) is -4.64. The van der Waals surface area contributed by atoms with Crippen LogP contribution in [0.4, 0.5) is 0 Å². The van der Waals surface area contributed by atoms with Gasteiger partial charge in [0.1, 0.15) is 0 Å². The normalized spacial score (nSPS) is 9.67. The first kappa shape index (κ1) is 16.1. The molecule has 0 atom stereocenters. The zero-order valence-electron chi connectivity index (χ0n) is 11.0. The van der Waals surface area contributed by atoms with E-state index in [1.807, 2.05) is 0 Å². The minimum Gasteiger partial charge on any atom is -0.478 e. The van der Waals surface area contributed by atoms with Gasteiger partial charge in [-0.15, -0.1) is 0 Å². The van der Waals surface area contributed by atoms with Crippen LogP contribution in [-0.4, -0.2) is 48.3 Å². The number of carbonyl (C=O) groups excluding carboxylic acids is 3. The summed E-state index contributed by atoms with van der Waals surface area (Å²) in [5.41, 5.74) is -0.597. The van der Waals surface area contributed by atoms with E-state index >= 15 is 0 Å². The van der Waals surface area contributed by atoms with Gasteiger partial charge in [-0.1, -0.05) is 0 Å². The van der Waals surface area contributed by atoms with E-state index in [1.54, 1.807) is 0 Å². The molecule has 0 saturated carbocycles. The maximum Gasteiger partial charge on any atom is 0.338 e.